The molecule has 1 rings (SSSR count). The van der Waals surface area contributed by atoms with Gasteiger partial charge < -0.3 is 9.47 Å². The molecule has 0 saturated carbocycles. The van der Waals surface area contributed by atoms with Crippen molar-refractivity contribution in [3.8, 4) is 5.75 Å². The van der Waals surface area contributed by atoms with Crippen LogP contribution in [0.4, 0.5) is 0 Å². The van der Waals surface area contributed by atoms with Gasteiger partial charge in [-0.1, -0.05) is 17.7 Å². The third-order valence-electron chi connectivity index (χ3n) is 2.16. The van der Waals surface area contributed by atoms with Crippen LogP contribution in [-0.2, 0) is 9.53 Å². The van der Waals surface area contributed by atoms with Crippen LogP contribution in [0.2, 0.25) is 5.02 Å². The zero-order valence-electron chi connectivity index (χ0n) is 9.46. The summed E-state index contributed by atoms with van der Waals surface area (Å²) in [5, 5.41) is 0.647. The van der Waals surface area contributed by atoms with Crippen LogP contribution < -0.4 is 4.74 Å². The van der Waals surface area contributed by atoms with Gasteiger partial charge in [-0.25, -0.2) is 0 Å². The number of aryl methyl sites for hydroxylation is 1. The van der Waals surface area contributed by atoms with Crippen molar-refractivity contribution in [1.82, 2.24) is 0 Å². The van der Waals surface area contributed by atoms with Gasteiger partial charge in [0.2, 0.25) is 0 Å². The zero-order valence-corrected chi connectivity index (χ0v) is 10.2. The third kappa shape index (κ3) is 4.11. The average molecular weight is 243 g/mol. The fourth-order valence-corrected chi connectivity index (χ4v) is 1.39. The van der Waals surface area contributed by atoms with E-state index < -0.39 is 0 Å². The maximum absolute atomic E-state index is 10.8. The maximum Gasteiger partial charge on any atom is 0.305 e. The summed E-state index contributed by atoms with van der Waals surface area (Å²) in [6.07, 6.45) is 1.01. The van der Waals surface area contributed by atoms with Gasteiger partial charge in [0.25, 0.3) is 0 Å². The summed E-state index contributed by atoms with van der Waals surface area (Å²) in [7, 11) is 1.38. The second kappa shape index (κ2) is 6.38. The summed E-state index contributed by atoms with van der Waals surface area (Å²) in [4.78, 5) is 10.8. The van der Waals surface area contributed by atoms with Gasteiger partial charge in [-0.15, -0.1) is 0 Å². The summed E-state index contributed by atoms with van der Waals surface area (Å²) in [6.45, 7) is 2.43. The van der Waals surface area contributed by atoms with Crippen LogP contribution in [0.3, 0.4) is 0 Å². The van der Waals surface area contributed by atoms with Gasteiger partial charge in [0.1, 0.15) is 5.75 Å². The van der Waals surface area contributed by atoms with E-state index in [9.17, 15) is 4.79 Å². The predicted octanol–water partition coefficient (Wildman–Crippen LogP) is 2.98. The molecular formula is C12H15ClO3. The lowest BCUT2D eigenvalue weighted by molar-refractivity contribution is -0.140. The summed E-state index contributed by atoms with van der Waals surface area (Å²) in [5.41, 5.74) is 1.03. The number of rotatable bonds is 5. The number of hydrogen-bond acceptors (Lipinski definition) is 3. The Bertz CT molecular complexity index is 363. The smallest absolute Gasteiger partial charge is 0.305 e. The first-order valence-electron chi connectivity index (χ1n) is 5.09. The van der Waals surface area contributed by atoms with E-state index in [1.807, 2.05) is 19.1 Å². The van der Waals surface area contributed by atoms with Crippen LogP contribution >= 0.6 is 11.6 Å². The Morgan fingerprint density at radius 1 is 1.44 bits per heavy atom. The van der Waals surface area contributed by atoms with Gasteiger partial charge in [0, 0.05) is 11.4 Å². The quantitative estimate of drug-likeness (QED) is 0.588. The van der Waals surface area contributed by atoms with Crippen molar-refractivity contribution in [3.63, 3.8) is 0 Å². The molecule has 3 nitrogen and oxygen atoms in total. The van der Waals surface area contributed by atoms with Crippen LogP contribution in [0.15, 0.2) is 18.2 Å². The summed E-state index contributed by atoms with van der Waals surface area (Å²) in [6, 6.07) is 5.49. The maximum atomic E-state index is 10.8. The van der Waals surface area contributed by atoms with Crippen LogP contribution in [0.1, 0.15) is 18.4 Å². The summed E-state index contributed by atoms with van der Waals surface area (Å²) in [5.74, 6) is 0.545. The number of esters is 1. The molecule has 0 amide bonds. The van der Waals surface area contributed by atoms with E-state index in [0.29, 0.717) is 24.5 Å². The van der Waals surface area contributed by atoms with E-state index >= 15 is 0 Å². The van der Waals surface area contributed by atoms with Crippen molar-refractivity contribution in [1.29, 1.82) is 0 Å². The van der Waals surface area contributed by atoms with Crippen LogP contribution in [0.5, 0.6) is 5.75 Å². The first-order valence-corrected chi connectivity index (χ1v) is 5.47. The molecule has 0 aromatic heterocycles. The van der Waals surface area contributed by atoms with E-state index in [4.69, 9.17) is 16.3 Å². The lowest BCUT2D eigenvalue weighted by Crippen LogP contribution is -2.05. The molecule has 0 radical (unpaired) electrons. The first kappa shape index (κ1) is 12.8. The summed E-state index contributed by atoms with van der Waals surface area (Å²) >= 11 is 5.85. The molecular weight excluding hydrogens is 228 g/mol. The van der Waals surface area contributed by atoms with Crippen molar-refractivity contribution in [3.05, 3.63) is 28.8 Å². The number of carbonyl (C=O) groups excluding carboxylic acids is 1. The van der Waals surface area contributed by atoms with Crippen molar-refractivity contribution in [2.75, 3.05) is 13.7 Å². The number of methoxy groups -OCH3 is 1. The molecule has 0 bridgehead atoms. The second-order valence-electron chi connectivity index (χ2n) is 3.44. The second-order valence-corrected chi connectivity index (χ2v) is 3.87. The van der Waals surface area contributed by atoms with Crippen LogP contribution in [0.25, 0.3) is 0 Å². The Morgan fingerprint density at radius 3 is 2.88 bits per heavy atom. The normalized spacial score (nSPS) is 9.94. The highest BCUT2D eigenvalue weighted by Crippen LogP contribution is 2.22. The minimum absolute atomic E-state index is 0.216. The van der Waals surface area contributed by atoms with Gasteiger partial charge in [-0.05, 0) is 31.0 Å². The van der Waals surface area contributed by atoms with E-state index in [1.165, 1.54) is 7.11 Å². The summed E-state index contributed by atoms with van der Waals surface area (Å²) < 4.78 is 10.1. The van der Waals surface area contributed by atoms with Crippen molar-refractivity contribution < 1.29 is 14.3 Å². The Balaban J connectivity index is 2.37. The van der Waals surface area contributed by atoms with E-state index in [0.717, 1.165) is 11.3 Å². The molecule has 0 fully saturated rings. The van der Waals surface area contributed by atoms with Crippen molar-refractivity contribution in [2.24, 2.45) is 0 Å². The minimum Gasteiger partial charge on any atom is -0.493 e. The topological polar surface area (TPSA) is 35.5 Å². The monoisotopic (exact) mass is 242 g/mol. The molecule has 0 aliphatic carbocycles. The van der Waals surface area contributed by atoms with Crippen molar-refractivity contribution in [2.45, 2.75) is 19.8 Å². The largest absolute Gasteiger partial charge is 0.493 e. The Hall–Kier alpha value is -1.22. The SMILES string of the molecule is COC(=O)CCCOc1cc(Cl)ccc1C. The van der Waals surface area contributed by atoms with E-state index in [-0.39, 0.29) is 5.97 Å². The molecule has 1 aromatic carbocycles. The molecule has 0 atom stereocenters. The molecule has 0 aliphatic rings. The zero-order chi connectivity index (χ0) is 12.0. The van der Waals surface area contributed by atoms with Gasteiger partial charge in [0.05, 0.1) is 13.7 Å². The lowest BCUT2D eigenvalue weighted by atomic mass is 10.2. The number of carbonyl (C=O) groups is 1. The molecule has 4 heteroatoms. The highest BCUT2D eigenvalue weighted by molar-refractivity contribution is 6.30. The molecule has 0 N–H and O–H groups in total. The number of ether oxygens (including phenoxy) is 2. The predicted molar refractivity (Wildman–Crippen MR) is 62.9 cm³/mol. The third-order valence-corrected chi connectivity index (χ3v) is 2.40. The lowest BCUT2D eigenvalue weighted by Gasteiger charge is -2.08. The fraction of sp³-hybridized carbons (Fsp3) is 0.417. The highest BCUT2D eigenvalue weighted by Gasteiger charge is 2.02. The molecule has 0 saturated heterocycles. The molecule has 1 aromatic rings. The number of halogens is 1. The first-order chi connectivity index (χ1) is 7.63. The molecule has 0 spiro atoms. The fourth-order valence-electron chi connectivity index (χ4n) is 1.23. The number of benzene rings is 1. The molecule has 0 heterocycles. The molecule has 0 unspecified atom stereocenters. The van der Waals surface area contributed by atoms with Crippen LogP contribution in [0, 0.1) is 6.92 Å². The van der Waals surface area contributed by atoms with Gasteiger partial charge >= 0.3 is 5.97 Å². The van der Waals surface area contributed by atoms with E-state index in [2.05, 4.69) is 4.74 Å². The van der Waals surface area contributed by atoms with Gasteiger partial charge in [-0.2, -0.15) is 0 Å². The Labute approximate surface area is 100 Å². The molecule has 88 valence electrons. The number of hydrogen-bond donors (Lipinski definition) is 0. The van der Waals surface area contributed by atoms with Crippen molar-refractivity contribution >= 4 is 17.6 Å². The average Bonchev–Trinajstić information content (AvgIpc) is 2.28. The standard InChI is InChI=1S/C12H15ClO3/c1-9-5-6-10(13)8-11(9)16-7-3-4-12(14)15-2/h5-6,8H,3-4,7H2,1-2H3. The van der Waals surface area contributed by atoms with Gasteiger partial charge in [0.15, 0.2) is 0 Å². The minimum atomic E-state index is -0.216. The highest BCUT2D eigenvalue weighted by atomic mass is 35.5. The van der Waals surface area contributed by atoms with Crippen LogP contribution in [-0.4, -0.2) is 19.7 Å². The molecule has 16 heavy (non-hydrogen) atoms. The Kier molecular flexibility index (Phi) is 5.12. The van der Waals surface area contributed by atoms with E-state index in [1.54, 1.807) is 6.07 Å². The van der Waals surface area contributed by atoms with Gasteiger partial charge in [-0.3, -0.25) is 4.79 Å². The molecule has 0 aliphatic heterocycles. The Morgan fingerprint density at radius 2 is 2.19 bits per heavy atom.